The lowest BCUT2D eigenvalue weighted by molar-refractivity contribution is -0.161. The molecule has 0 bridgehead atoms. The predicted molar refractivity (Wildman–Crippen MR) is 252 cm³/mol. The molecule has 0 amide bonds. The monoisotopic (exact) mass is 866 g/mol. The van der Waals surface area contributed by atoms with E-state index in [1.54, 1.807) is 7.05 Å². The highest BCUT2D eigenvalue weighted by Gasteiger charge is 2.26. The van der Waals surface area contributed by atoms with E-state index < -0.39 is 26.5 Å². The number of allylic oxidation sites excluding steroid dienone is 8. The van der Waals surface area contributed by atoms with Crippen molar-refractivity contribution in [2.24, 2.45) is 0 Å². The molecule has 60 heavy (non-hydrogen) atoms. The molecule has 0 saturated carbocycles. The van der Waals surface area contributed by atoms with Gasteiger partial charge < -0.3 is 19.7 Å². The lowest BCUT2D eigenvalue weighted by Gasteiger charge is -2.20. The molecule has 0 aliphatic carbocycles. The van der Waals surface area contributed by atoms with Crippen LogP contribution in [-0.4, -0.2) is 56.3 Å². The highest BCUT2D eigenvalue weighted by molar-refractivity contribution is 7.47. The molecule has 2 atom stereocenters. The number of hydrogen-bond acceptors (Lipinski definition) is 8. The molecule has 0 saturated heterocycles. The number of likely N-dealkylation sites (N-methyl/N-ethyl adjacent to an activating group) is 1. The fourth-order valence-corrected chi connectivity index (χ4v) is 7.53. The van der Waals surface area contributed by atoms with Gasteiger partial charge in [-0.05, 0) is 58.4 Å². The molecule has 0 aliphatic rings. The molecule has 0 spiro atoms. The van der Waals surface area contributed by atoms with E-state index in [1.807, 2.05) is 0 Å². The molecule has 2 unspecified atom stereocenters. The largest absolute Gasteiger partial charge is 0.472 e. The third kappa shape index (κ3) is 45.5. The van der Waals surface area contributed by atoms with E-state index in [0.29, 0.717) is 13.0 Å². The zero-order valence-electron chi connectivity index (χ0n) is 38.9. The summed E-state index contributed by atoms with van der Waals surface area (Å²) in [5.41, 5.74) is 0. The average molecular weight is 866 g/mol. The number of ether oxygens (including phenoxy) is 2. The normalized spacial score (nSPS) is 13.6. The van der Waals surface area contributed by atoms with Crippen LogP contribution < -0.4 is 5.32 Å². The van der Waals surface area contributed by atoms with Crippen LogP contribution in [0.15, 0.2) is 48.6 Å². The Labute approximate surface area is 369 Å². The quantitative estimate of drug-likeness (QED) is 0.0267. The standard InChI is InChI=1S/C50H92NO8P/c1-4-6-8-10-12-14-16-18-20-22-23-24-25-27-28-30-32-34-36-38-40-42-49(52)56-46-48(47-58-60(54,55)57-45-44-51-3)59-50(53)43-41-39-37-35-33-31-29-26-21-19-17-15-13-11-9-7-5-2/h7,9,13,15,19,21,29,31,48,51H,4-6,8,10-12,14,16-18,20,22-28,30,32-47H2,1-3H3,(H,54,55)/b9-7-,15-13-,21-19-,31-29-. The van der Waals surface area contributed by atoms with Crippen molar-refractivity contribution in [1.82, 2.24) is 5.32 Å². The fraction of sp³-hybridized carbons (Fsp3) is 0.800. The lowest BCUT2D eigenvalue weighted by atomic mass is 10.0. The fourth-order valence-electron chi connectivity index (χ4n) is 6.78. The maximum absolute atomic E-state index is 12.7. The zero-order chi connectivity index (χ0) is 43.9. The van der Waals surface area contributed by atoms with E-state index in [0.717, 1.165) is 70.6 Å². The number of phosphoric ester groups is 1. The van der Waals surface area contributed by atoms with Gasteiger partial charge >= 0.3 is 19.8 Å². The second-order valence-electron chi connectivity index (χ2n) is 16.3. The van der Waals surface area contributed by atoms with Crippen LogP contribution in [0.25, 0.3) is 0 Å². The Morgan fingerprint density at radius 2 is 0.950 bits per heavy atom. The molecule has 0 aromatic heterocycles. The van der Waals surface area contributed by atoms with E-state index in [9.17, 15) is 19.0 Å². The van der Waals surface area contributed by atoms with E-state index in [1.165, 1.54) is 116 Å². The Hall–Kier alpha value is -2.03. The summed E-state index contributed by atoms with van der Waals surface area (Å²) in [5, 5.41) is 2.83. The van der Waals surface area contributed by atoms with Gasteiger partial charge in [-0.2, -0.15) is 0 Å². The van der Waals surface area contributed by atoms with Gasteiger partial charge in [-0.1, -0.05) is 204 Å². The van der Waals surface area contributed by atoms with Crippen molar-refractivity contribution in [3.8, 4) is 0 Å². The molecule has 2 N–H and O–H groups in total. The third-order valence-electron chi connectivity index (χ3n) is 10.5. The Kier molecular flexibility index (Phi) is 44.9. The van der Waals surface area contributed by atoms with Crippen LogP contribution in [-0.2, 0) is 32.7 Å². The van der Waals surface area contributed by atoms with E-state index in [4.69, 9.17) is 18.5 Å². The van der Waals surface area contributed by atoms with Crippen molar-refractivity contribution in [2.45, 2.75) is 225 Å². The van der Waals surface area contributed by atoms with Gasteiger partial charge in [0, 0.05) is 19.4 Å². The van der Waals surface area contributed by atoms with E-state index in [2.05, 4.69) is 67.8 Å². The summed E-state index contributed by atoms with van der Waals surface area (Å²) in [6.07, 6.45) is 53.1. The first-order chi connectivity index (χ1) is 29.3. The van der Waals surface area contributed by atoms with Crippen molar-refractivity contribution in [1.29, 1.82) is 0 Å². The van der Waals surface area contributed by atoms with Crippen LogP contribution in [0.1, 0.15) is 219 Å². The predicted octanol–water partition coefficient (Wildman–Crippen LogP) is 14.5. The van der Waals surface area contributed by atoms with Gasteiger partial charge in [0.15, 0.2) is 6.10 Å². The molecule has 350 valence electrons. The molecule has 0 radical (unpaired) electrons. The van der Waals surface area contributed by atoms with E-state index in [-0.39, 0.29) is 32.0 Å². The summed E-state index contributed by atoms with van der Waals surface area (Å²) in [6.45, 7) is 4.11. The Balaban J connectivity index is 4.14. The maximum Gasteiger partial charge on any atom is 0.472 e. The minimum atomic E-state index is -4.36. The molecular formula is C50H92NO8P. The maximum atomic E-state index is 12.7. The lowest BCUT2D eigenvalue weighted by Crippen LogP contribution is -2.29. The number of carbonyl (C=O) groups excluding carboxylic acids is 2. The van der Waals surface area contributed by atoms with Crippen LogP contribution in [0.2, 0.25) is 0 Å². The van der Waals surface area contributed by atoms with Crippen molar-refractivity contribution >= 4 is 19.8 Å². The van der Waals surface area contributed by atoms with Gasteiger partial charge in [-0.15, -0.1) is 0 Å². The zero-order valence-corrected chi connectivity index (χ0v) is 39.8. The number of carbonyl (C=O) groups is 2. The third-order valence-corrected chi connectivity index (χ3v) is 11.4. The van der Waals surface area contributed by atoms with Crippen molar-refractivity contribution < 1.29 is 37.6 Å². The molecule has 0 aliphatic heterocycles. The minimum absolute atomic E-state index is 0.0223. The first-order valence-corrected chi connectivity index (χ1v) is 26.1. The van der Waals surface area contributed by atoms with Crippen LogP contribution >= 0.6 is 7.82 Å². The topological polar surface area (TPSA) is 120 Å². The number of nitrogens with one attached hydrogen (secondary N) is 1. The van der Waals surface area contributed by atoms with Gasteiger partial charge in [-0.3, -0.25) is 18.6 Å². The minimum Gasteiger partial charge on any atom is -0.462 e. The summed E-state index contributed by atoms with van der Waals surface area (Å²) < 4.78 is 33.3. The summed E-state index contributed by atoms with van der Waals surface area (Å²) in [7, 11) is -2.66. The molecule has 0 fully saturated rings. The number of esters is 2. The molecular weight excluding hydrogens is 774 g/mol. The summed E-state index contributed by atoms with van der Waals surface area (Å²) in [6, 6.07) is 0. The Morgan fingerprint density at radius 1 is 0.533 bits per heavy atom. The molecule has 10 heteroatoms. The first kappa shape index (κ1) is 58.0. The first-order valence-electron chi connectivity index (χ1n) is 24.6. The van der Waals surface area contributed by atoms with Crippen molar-refractivity contribution in [3.05, 3.63) is 48.6 Å². The van der Waals surface area contributed by atoms with Crippen LogP contribution in [0.5, 0.6) is 0 Å². The van der Waals surface area contributed by atoms with Gasteiger partial charge in [0.2, 0.25) is 0 Å². The van der Waals surface area contributed by atoms with Gasteiger partial charge in [0.05, 0.1) is 13.2 Å². The number of unbranched alkanes of at least 4 members (excludes halogenated alkanes) is 24. The van der Waals surface area contributed by atoms with Crippen LogP contribution in [0.3, 0.4) is 0 Å². The van der Waals surface area contributed by atoms with Crippen molar-refractivity contribution in [2.75, 3.05) is 33.4 Å². The second kappa shape index (κ2) is 46.5. The summed E-state index contributed by atoms with van der Waals surface area (Å²) in [5.74, 6) is -0.827. The Bertz CT molecular complexity index is 1120. The molecule has 0 aromatic carbocycles. The van der Waals surface area contributed by atoms with Gasteiger partial charge in [-0.25, -0.2) is 4.57 Å². The number of phosphoric acid groups is 1. The SMILES string of the molecule is CC/C=C\C/C=C\C/C=C\C/C=C\CCCCCCC(=O)OC(COC(=O)CCCCCCCCCCCCCCCCCCCCCCC)COP(=O)(O)OCCNC. The molecule has 0 rings (SSSR count). The number of rotatable bonds is 46. The van der Waals surface area contributed by atoms with E-state index >= 15 is 0 Å². The Morgan fingerprint density at radius 3 is 1.42 bits per heavy atom. The molecule has 9 nitrogen and oxygen atoms in total. The summed E-state index contributed by atoms with van der Waals surface area (Å²) >= 11 is 0. The van der Waals surface area contributed by atoms with Gasteiger partial charge in [0.1, 0.15) is 6.61 Å². The molecule has 0 aromatic rings. The summed E-state index contributed by atoms with van der Waals surface area (Å²) in [4.78, 5) is 35.2. The second-order valence-corrected chi connectivity index (χ2v) is 17.7. The highest BCUT2D eigenvalue weighted by atomic mass is 31.2. The highest BCUT2D eigenvalue weighted by Crippen LogP contribution is 2.43. The van der Waals surface area contributed by atoms with Crippen LogP contribution in [0.4, 0.5) is 0 Å². The smallest absolute Gasteiger partial charge is 0.462 e. The number of hydrogen-bond donors (Lipinski definition) is 2. The van der Waals surface area contributed by atoms with Gasteiger partial charge in [0.25, 0.3) is 0 Å². The average Bonchev–Trinajstić information content (AvgIpc) is 3.23. The molecule has 0 heterocycles. The van der Waals surface area contributed by atoms with Crippen molar-refractivity contribution in [3.63, 3.8) is 0 Å². The van der Waals surface area contributed by atoms with Crippen LogP contribution in [0, 0.1) is 0 Å².